The molecular weight excluding hydrogens is 478 g/mol. The third-order valence-corrected chi connectivity index (χ3v) is 5.73. The molecule has 1 fully saturated rings. The third kappa shape index (κ3) is 7.74. The average molecular weight is 508 g/mol. The molecular formula is C26H29N5O6. The van der Waals surface area contributed by atoms with Crippen LogP contribution < -0.4 is 4.74 Å². The third-order valence-electron chi connectivity index (χ3n) is 5.73. The van der Waals surface area contributed by atoms with E-state index in [0.717, 1.165) is 36.7 Å². The molecule has 5 rings (SSSR count). The van der Waals surface area contributed by atoms with Gasteiger partial charge in [0.05, 0.1) is 37.7 Å². The molecule has 0 radical (unpaired) electrons. The molecule has 194 valence electrons. The van der Waals surface area contributed by atoms with Crippen LogP contribution in [0.2, 0.25) is 0 Å². The highest BCUT2D eigenvalue weighted by Gasteiger charge is 2.31. The van der Waals surface area contributed by atoms with Gasteiger partial charge in [0.1, 0.15) is 18.2 Å². The summed E-state index contributed by atoms with van der Waals surface area (Å²) in [5.41, 5.74) is 2.27. The SMILES string of the molecule is O=CO.O=CO.c1ccc(-c2nccn2[C@@H]2COC[C@H]2Cc2ccncc2)c(OCCn2ccnc2)c1. The second-order valence-electron chi connectivity index (χ2n) is 7.94. The van der Waals surface area contributed by atoms with Crippen LogP contribution in [-0.2, 0) is 27.3 Å². The summed E-state index contributed by atoms with van der Waals surface area (Å²) >= 11 is 0. The molecule has 2 N–H and O–H groups in total. The second-order valence-corrected chi connectivity index (χ2v) is 7.94. The van der Waals surface area contributed by atoms with Crippen LogP contribution in [0.1, 0.15) is 11.6 Å². The first kappa shape index (κ1) is 27.1. The van der Waals surface area contributed by atoms with Crippen molar-refractivity contribution in [3.8, 4) is 17.1 Å². The van der Waals surface area contributed by atoms with Gasteiger partial charge in [0.15, 0.2) is 0 Å². The van der Waals surface area contributed by atoms with E-state index in [1.165, 1.54) is 5.56 Å². The Morgan fingerprint density at radius 1 is 0.973 bits per heavy atom. The molecule has 11 heteroatoms. The molecule has 4 heterocycles. The minimum atomic E-state index is -0.250. The molecule has 0 unspecified atom stereocenters. The van der Waals surface area contributed by atoms with Crippen molar-refractivity contribution in [2.45, 2.75) is 19.0 Å². The topological polar surface area (TPSA) is 142 Å². The Morgan fingerprint density at radius 2 is 1.73 bits per heavy atom. The lowest BCUT2D eigenvalue weighted by atomic mass is 9.95. The highest BCUT2D eigenvalue weighted by Crippen LogP contribution is 2.35. The van der Waals surface area contributed by atoms with Gasteiger partial charge in [-0.3, -0.25) is 14.6 Å². The zero-order valence-corrected chi connectivity index (χ0v) is 20.1. The molecule has 37 heavy (non-hydrogen) atoms. The number of para-hydroxylation sites is 1. The van der Waals surface area contributed by atoms with E-state index in [2.05, 4.69) is 38.9 Å². The first-order valence-electron chi connectivity index (χ1n) is 11.5. The standard InChI is InChI=1S/C24H25N5O2.2CH2O2/c1-2-4-23(31-14-13-28-11-9-26-18-28)21(3-1)24-27-10-12-29(24)22-17-30-16-20(22)15-19-5-7-25-8-6-19;2*2-1-3/h1-12,18,20,22H,13-17H2;2*1H,(H,2,3)/t20-,22-;;/m1../s1. The highest BCUT2D eigenvalue weighted by molar-refractivity contribution is 5.64. The van der Waals surface area contributed by atoms with Crippen LogP contribution >= 0.6 is 0 Å². The normalized spacial score (nSPS) is 16.0. The quantitative estimate of drug-likeness (QED) is 0.344. The van der Waals surface area contributed by atoms with Gasteiger partial charge in [-0.2, -0.15) is 0 Å². The summed E-state index contributed by atoms with van der Waals surface area (Å²) in [6.45, 7) is 2.23. The Morgan fingerprint density at radius 3 is 2.46 bits per heavy atom. The molecule has 0 spiro atoms. The molecule has 4 aromatic rings. The van der Waals surface area contributed by atoms with Crippen LogP contribution in [0.25, 0.3) is 11.4 Å². The van der Waals surface area contributed by atoms with E-state index in [-0.39, 0.29) is 19.0 Å². The molecule has 0 bridgehead atoms. The molecule has 0 saturated carbocycles. The fourth-order valence-corrected chi connectivity index (χ4v) is 4.16. The van der Waals surface area contributed by atoms with E-state index in [0.29, 0.717) is 19.1 Å². The van der Waals surface area contributed by atoms with Gasteiger partial charge in [-0.25, -0.2) is 9.97 Å². The summed E-state index contributed by atoms with van der Waals surface area (Å²) in [6.07, 6.45) is 14.1. The fourth-order valence-electron chi connectivity index (χ4n) is 4.16. The van der Waals surface area contributed by atoms with Crippen molar-refractivity contribution >= 4 is 12.9 Å². The van der Waals surface area contributed by atoms with Crippen LogP contribution in [0.3, 0.4) is 0 Å². The fraction of sp³-hybridized carbons (Fsp3) is 0.269. The number of hydrogen-bond acceptors (Lipinski definition) is 7. The number of imidazole rings is 2. The number of carbonyl (C=O) groups is 2. The lowest BCUT2D eigenvalue weighted by molar-refractivity contribution is -0.123. The van der Waals surface area contributed by atoms with Crippen LogP contribution in [0, 0.1) is 5.92 Å². The van der Waals surface area contributed by atoms with Crippen molar-refractivity contribution in [1.82, 2.24) is 24.1 Å². The number of carboxylic acid groups (broad SMARTS) is 2. The van der Waals surface area contributed by atoms with Crippen molar-refractivity contribution in [3.63, 3.8) is 0 Å². The van der Waals surface area contributed by atoms with Crippen LogP contribution in [0.5, 0.6) is 5.75 Å². The Labute approximate surface area is 214 Å². The smallest absolute Gasteiger partial charge is 0.290 e. The van der Waals surface area contributed by atoms with Crippen LogP contribution in [-0.4, -0.2) is 67.1 Å². The number of pyridine rings is 1. The summed E-state index contributed by atoms with van der Waals surface area (Å²) in [5, 5.41) is 13.8. The largest absolute Gasteiger partial charge is 0.491 e. The summed E-state index contributed by atoms with van der Waals surface area (Å²) in [4.78, 5) is 29.6. The maximum Gasteiger partial charge on any atom is 0.290 e. The molecule has 0 amide bonds. The minimum absolute atomic E-state index is 0.227. The number of rotatable bonds is 8. The predicted octanol–water partition coefficient (Wildman–Crippen LogP) is 3.05. The van der Waals surface area contributed by atoms with Gasteiger partial charge >= 0.3 is 0 Å². The van der Waals surface area contributed by atoms with Crippen molar-refractivity contribution in [2.75, 3.05) is 19.8 Å². The number of aromatic nitrogens is 5. The van der Waals surface area contributed by atoms with E-state index in [9.17, 15) is 0 Å². The zero-order chi connectivity index (χ0) is 26.3. The predicted molar refractivity (Wildman–Crippen MR) is 134 cm³/mol. The Hall–Kier alpha value is -4.51. The van der Waals surface area contributed by atoms with Gasteiger partial charge in [-0.15, -0.1) is 0 Å². The van der Waals surface area contributed by atoms with Gasteiger partial charge < -0.3 is 28.8 Å². The monoisotopic (exact) mass is 507 g/mol. The summed E-state index contributed by atoms with van der Waals surface area (Å²) in [5.74, 6) is 2.12. The maximum absolute atomic E-state index is 8.36. The van der Waals surface area contributed by atoms with Gasteiger partial charge in [-0.1, -0.05) is 12.1 Å². The van der Waals surface area contributed by atoms with Crippen molar-refractivity contribution in [1.29, 1.82) is 0 Å². The first-order valence-corrected chi connectivity index (χ1v) is 11.5. The summed E-state index contributed by atoms with van der Waals surface area (Å²) < 4.78 is 16.3. The van der Waals surface area contributed by atoms with Gasteiger partial charge in [0, 0.05) is 43.1 Å². The first-order chi connectivity index (χ1) is 18.2. The Kier molecular flexibility index (Phi) is 10.8. The maximum atomic E-state index is 8.36. The Balaban J connectivity index is 0.000000580. The van der Waals surface area contributed by atoms with Crippen molar-refractivity contribution in [2.24, 2.45) is 5.92 Å². The van der Waals surface area contributed by atoms with E-state index < -0.39 is 0 Å². The number of benzene rings is 1. The van der Waals surface area contributed by atoms with Gasteiger partial charge in [0.25, 0.3) is 12.9 Å². The molecule has 2 atom stereocenters. The van der Waals surface area contributed by atoms with E-state index in [1.807, 2.05) is 47.6 Å². The summed E-state index contributed by atoms with van der Waals surface area (Å²) in [7, 11) is 0. The van der Waals surface area contributed by atoms with Crippen molar-refractivity contribution < 1.29 is 29.3 Å². The highest BCUT2D eigenvalue weighted by atomic mass is 16.5. The number of nitrogens with zero attached hydrogens (tertiary/aromatic N) is 5. The molecule has 0 aliphatic carbocycles. The van der Waals surface area contributed by atoms with Crippen LogP contribution in [0.15, 0.2) is 79.9 Å². The number of ether oxygens (including phenoxy) is 2. The average Bonchev–Trinajstić information content (AvgIpc) is 3.68. The zero-order valence-electron chi connectivity index (χ0n) is 20.1. The molecule has 1 aliphatic rings. The van der Waals surface area contributed by atoms with Gasteiger partial charge in [0.2, 0.25) is 0 Å². The van der Waals surface area contributed by atoms with E-state index >= 15 is 0 Å². The molecule has 11 nitrogen and oxygen atoms in total. The minimum Gasteiger partial charge on any atom is -0.491 e. The lowest BCUT2D eigenvalue weighted by Gasteiger charge is -2.22. The number of hydrogen-bond donors (Lipinski definition) is 2. The van der Waals surface area contributed by atoms with Crippen molar-refractivity contribution in [3.05, 3.63) is 85.5 Å². The Bertz CT molecular complexity index is 1190. The van der Waals surface area contributed by atoms with Crippen LogP contribution in [0.4, 0.5) is 0 Å². The lowest BCUT2D eigenvalue weighted by Crippen LogP contribution is -2.20. The molecule has 1 aliphatic heterocycles. The molecule has 3 aromatic heterocycles. The van der Waals surface area contributed by atoms with E-state index in [1.54, 1.807) is 12.5 Å². The summed E-state index contributed by atoms with van der Waals surface area (Å²) in [6, 6.07) is 12.5. The molecule has 1 aromatic carbocycles. The van der Waals surface area contributed by atoms with E-state index in [4.69, 9.17) is 34.3 Å². The van der Waals surface area contributed by atoms with Gasteiger partial charge in [-0.05, 0) is 36.2 Å². The second kappa shape index (κ2) is 14.8. The molecule has 1 saturated heterocycles.